The van der Waals surface area contributed by atoms with Crippen molar-refractivity contribution in [3.05, 3.63) is 47.2 Å². The summed E-state index contributed by atoms with van der Waals surface area (Å²) < 4.78 is 6.81. The SMILES string of the molecule is COC[C@@H](C)n1ccc(NC(=O)NC[C@H](O)c2cc(C)cc(C)c2)n1. The van der Waals surface area contributed by atoms with Gasteiger partial charge >= 0.3 is 6.03 Å². The number of rotatable bonds is 7. The molecule has 2 aromatic rings. The molecule has 0 spiro atoms. The van der Waals surface area contributed by atoms with Crippen molar-refractivity contribution >= 4 is 11.8 Å². The van der Waals surface area contributed by atoms with Gasteiger partial charge in [-0.05, 0) is 26.3 Å². The van der Waals surface area contributed by atoms with E-state index in [0.29, 0.717) is 12.4 Å². The Hall–Kier alpha value is -2.38. The molecular formula is C18H26N4O3. The Morgan fingerprint density at radius 2 is 2.00 bits per heavy atom. The molecule has 0 saturated heterocycles. The van der Waals surface area contributed by atoms with Crippen LogP contribution in [0.25, 0.3) is 0 Å². The van der Waals surface area contributed by atoms with Crippen molar-refractivity contribution in [1.29, 1.82) is 0 Å². The minimum Gasteiger partial charge on any atom is -0.387 e. The Morgan fingerprint density at radius 1 is 1.32 bits per heavy atom. The summed E-state index contributed by atoms with van der Waals surface area (Å²) in [4.78, 5) is 12.0. The molecule has 2 atom stereocenters. The third-order valence-electron chi connectivity index (χ3n) is 3.79. The first kappa shape index (κ1) is 19.0. The van der Waals surface area contributed by atoms with Crippen LogP contribution < -0.4 is 10.6 Å². The highest BCUT2D eigenvalue weighted by molar-refractivity contribution is 5.88. The number of benzene rings is 1. The van der Waals surface area contributed by atoms with E-state index in [4.69, 9.17) is 4.74 Å². The summed E-state index contributed by atoms with van der Waals surface area (Å²) in [6, 6.07) is 7.25. The molecule has 1 heterocycles. The average Bonchev–Trinajstić information content (AvgIpc) is 3.00. The molecule has 25 heavy (non-hydrogen) atoms. The molecule has 0 fully saturated rings. The van der Waals surface area contributed by atoms with Crippen LogP contribution in [0.5, 0.6) is 0 Å². The summed E-state index contributed by atoms with van der Waals surface area (Å²) in [5.41, 5.74) is 2.94. The molecular weight excluding hydrogens is 320 g/mol. The second-order valence-electron chi connectivity index (χ2n) is 6.26. The lowest BCUT2D eigenvalue weighted by molar-refractivity contribution is 0.157. The molecule has 0 unspecified atom stereocenters. The van der Waals surface area contributed by atoms with E-state index in [1.807, 2.05) is 39.0 Å². The van der Waals surface area contributed by atoms with Gasteiger partial charge in [0.1, 0.15) is 0 Å². The lowest BCUT2D eigenvalue weighted by Gasteiger charge is -2.14. The van der Waals surface area contributed by atoms with Crippen LogP contribution in [0.15, 0.2) is 30.5 Å². The summed E-state index contributed by atoms with van der Waals surface area (Å²) in [5, 5.41) is 19.8. The second-order valence-corrected chi connectivity index (χ2v) is 6.26. The monoisotopic (exact) mass is 346 g/mol. The van der Waals surface area contributed by atoms with Gasteiger partial charge in [-0.25, -0.2) is 4.79 Å². The van der Waals surface area contributed by atoms with Crippen LogP contribution >= 0.6 is 0 Å². The van der Waals surface area contributed by atoms with Gasteiger partial charge in [0.2, 0.25) is 0 Å². The van der Waals surface area contributed by atoms with Crippen LogP contribution in [-0.4, -0.2) is 41.2 Å². The summed E-state index contributed by atoms with van der Waals surface area (Å²) in [6.07, 6.45) is 1.02. The number of anilines is 1. The maximum Gasteiger partial charge on any atom is 0.320 e. The maximum atomic E-state index is 12.0. The number of aryl methyl sites for hydroxylation is 2. The third-order valence-corrected chi connectivity index (χ3v) is 3.79. The van der Waals surface area contributed by atoms with Crippen LogP contribution in [-0.2, 0) is 4.74 Å². The second kappa shape index (κ2) is 8.64. The molecule has 0 aliphatic rings. The predicted octanol–water partition coefficient (Wildman–Crippen LogP) is 2.56. The molecule has 1 aromatic carbocycles. The highest BCUT2D eigenvalue weighted by Gasteiger charge is 2.12. The molecule has 0 saturated carbocycles. The van der Waals surface area contributed by atoms with Crippen molar-refractivity contribution in [2.45, 2.75) is 32.9 Å². The number of amides is 2. The van der Waals surface area contributed by atoms with Gasteiger partial charge in [-0.1, -0.05) is 29.3 Å². The molecule has 0 radical (unpaired) electrons. The number of methoxy groups -OCH3 is 1. The highest BCUT2D eigenvalue weighted by atomic mass is 16.5. The summed E-state index contributed by atoms with van der Waals surface area (Å²) in [5.74, 6) is 0.446. The number of hydrogen-bond acceptors (Lipinski definition) is 4. The molecule has 2 amide bonds. The van der Waals surface area contributed by atoms with E-state index in [2.05, 4.69) is 15.7 Å². The van der Waals surface area contributed by atoms with Gasteiger partial charge in [0, 0.05) is 25.9 Å². The van der Waals surface area contributed by atoms with Crippen molar-refractivity contribution in [3.8, 4) is 0 Å². The van der Waals surface area contributed by atoms with Gasteiger partial charge in [-0.15, -0.1) is 0 Å². The first-order valence-electron chi connectivity index (χ1n) is 8.24. The van der Waals surface area contributed by atoms with Gasteiger partial charge in [-0.3, -0.25) is 10.00 Å². The van der Waals surface area contributed by atoms with E-state index in [0.717, 1.165) is 16.7 Å². The molecule has 7 nitrogen and oxygen atoms in total. The van der Waals surface area contributed by atoms with Crippen molar-refractivity contribution in [2.24, 2.45) is 0 Å². The number of nitrogens with one attached hydrogen (secondary N) is 2. The van der Waals surface area contributed by atoms with Gasteiger partial charge in [0.05, 0.1) is 18.8 Å². The van der Waals surface area contributed by atoms with Crippen molar-refractivity contribution in [1.82, 2.24) is 15.1 Å². The van der Waals surface area contributed by atoms with Gasteiger partial charge < -0.3 is 15.2 Å². The fourth-order valence-corrected chi connectivity index (χ4v) is 2.64. The Kier molecular flexibility index (Phi) is 6.55. The van der Waals surface area contributed by atoms with Gasteiger partial charge in [0.15, 0.2) is 5.82 Å². The fraction of sp³-hybridized carbons (Fsp3) is 0.444. The fourth-order valence-electron chi connectivity index (χ4n) is 2.64. The smallest absolute Gasteiger partial charge is 0.320 e. The number of nitrogens with zero attached hydrogens (tertiary/aromatic N) is 2. The third kappa shape index (κ3) is 5.58. The quantitative estimate of drug-likeness (QED) is 0.719. The van der Waals surface area contributed by atoms with Crippen LogP contribution in [0.4, 0.5) is 10.6 Å². The van der Waals surface area contributed by atoms with E-state index >= 15 is 0 Å². The van der Waals surface area contributed by atoms with E-state index in [9.17, 15) is 9.90 Å². The van der Waals surface area contributed by atoms with Gasteiger partial charge in [-0.2, -0.15) is 5.10 Å². The van der Waals surface area contributed by atoms with E-state index in [-0.39, 0.29) is 12.6 Å². The predicted molar refractivity (Wildman–Crippen MR) is 96.7 cm³/mol. The zero-order valence-electron chi connectivity index (χ0n) is 15.1. The Morgan fingerprint density at radius 3 is 2.64 bits per heavy atom. The zero-order valence-corrected chi connectivity index (χ0v) is 15.1. The van der Waals surface area contributed by atoms with E-state index in [1.54, 1.807) is 24.1 Å². The first-order valence-corrected chi connectivity index (χ1v) is 8.24. The molecule has 1 aromatic heterocycles. The molecule has 0 bridgehead atoms. The Bertz CT molecular complexity index is 694. The number of hydrogen-bond donors (Lipinski definition) is 3. The van der Waals surface area contributed by atoms with E-state index in [1.165, 1.54) is 0 Å². The standard InChI is InChI=1S/C18H26N4O3/c1-12-7-13(2)9-15(8-12)16(23)10-19-18(24)20-17-5-6-22(21-17)14(3)11-25-4/h5-9,14,16,23H,10-11H2,1-4H3,(H2,19,20,21,24)/t14-,16+/m1/s1. The summed E-state index contributed by atoms with van der Waals surface area (Å²) >= 11 is 0. The van der Waals surface area contributed by atoms with Crippen molar-refractivity contribution < 1.29 is 14.6 Å². The molecule has 3 N–H and O–H groups in total. The first-order chi connectivity index (χ1) is 11.9. The Labute approximate surface area is 148 Å². The topological polar surface area (TPSA) is 88.4 Å². The normalized spacial score (nSPS) is 13.3. The number of urea groups is 1. The minimum absolute atomic E-state index is 0.0787. The van der Waals surface area contributed by atoms with Crippen molar-refractivity contribution in [2.75, 3.05) is 25.6 Å². The lowest BCUT2D eigenvalue weighted by Crippen LogP contribution is -2.32. The number of carbonyl (C=O) groups excluding carboxylic acids is 1. The minimum atomic E-state index is -0.761. The number of aliphatic hydroxyl groups excluding tert-OH is 1. The average molecular weight is 346 g/mol. The lowest BCUT2D eigenvalue weighted by atomic mass is 10.0. The molecule has 0 aliphatic carbocycles. The largest absolute Gasteiger partial charge is 0.387 e. The van der Waals surface area contributed by atoms with Crippen LogP contribution in [0.2, 0.25) is 0 Å². The number of aliphatic hydroxyl groups is 1. The van der Waals surface area contributed by atoms with E-state index < -0.39 is 12.1 Å². The maximum absolute atomic E-state index is 12.0. The molecule has 136 valence electrons. The molecule has 2 rings (SSSR count). The Balaban J connectivity index is 1.86. The van der Waals surface area contributed by atoms with Crippen molar-refractivity contribution in [3.63, 3.8) is 0 Å². The summed E-state index contributed by atoms with van der Waals surface area (Å²) in [7, 11) is 1.63. The summed E-state index contributed by atoms with van der Waals surface area (Å²) in [6.45, 7) is 6.58. The molecule has 7 heteroatoms. The van der Waals surface area contributed by atoms with Crippen LogP contribution in [0.3, 0.4) is 0 Å². The highest BCUT2D eigenvalue weighted by Crippen LogP contribution is 2.16. The number of aromatic nitrogens is 2. The number of carbonyl (C=O) groups is 1. The van der Waals surface area contributed by atoms with Crippen LogP contribution in [0, 0.1) is 13.8 Å². The zero-order chi connectivity index (χ0) is 18.4. The van der Waals surface area contributed by atoms with Crippen LogP contribution in [0.1, 0.15) is 35.8 Å². The number of ether oxygens (including phenoxy) is 1. The van der Waals surface area contributed by atoms with Gasteiger partial charge in [0.25, 0.3) is 0 Å². The molecule has 0 aliphatic heterocycles.